The second-order valence-corrected chi connectivity index (χ2v) is 8.00. The van der Waals surface area contributed by atoms with Gasteiger partial charge in [0, 0.05) is 17.6 Å². The Morgan fingerprint density at radius 2 is 1.88 bits per heavy atom. The SMILES string of the molecule is O=C(NC/C=C\S(=O)(=O)c1ccccc1)c1cc2c([nH]c1=O)CCCC2. The van der Waals surface area contributed by atoms with Crippen LogP contribution in [-0.4, -0.2) is 25.9 Å². The van der Waals surface area contributed by atoms with E-state index >= 15 is 0 Å². The maximum atomic E-state index is 12.2. The van der Waals surface area contributed by atoms with Gasteiger partial charge >= 0.3 is 0 Å². The van der Waals surface area contributed by atoms with Crippen molar-refractivity contribution in [3.63, 3.8) is 0 Å². The summed E-state index contributed by atoms with van der Waals surface area (Å²) in [5, 5.41) is 3.62. The summed E-state index contributed by atoms with van der Waals surface area (Å²) < 4.78 is 24.2. The Balaban J connectivity index is 1.65. The lowest BCUT2D eigenvalue weighted by atomic mass is 9.95. The van der Waals surface area contributed by atoms with E-state index in [1.54, 1.807) is 24.3 Å². The monoisotopic (exact) mass is 372 g/mol. The van der Waals surface area contributed by atoms with Crippen LogP contribution in [0.25, 0.3) is 0 Å². The Morgan fingerprint density at radius 1 is 1.15 bits per heavy atom. The Bertz CT molecular complexity index is 992. The van der Waals surface area contributed by atoms with Gasteiger partial charge in [0.05, 0.1) is 4.90 Å². The molecular formula is C19H20N2O4S. The molecule has 0 fully saturated rings. The summed E-state index contributed by atoms with van der Waals surface area (Å²) in [5.74, 6) is -0.513. The number of fused-ring (bicyclic) bond motifs is 1. The van der Waals surface area contributed by atoms with Gasteiger partial charge in [0.2, 0.25) is 0 Å². The van der Waals surface area contributed by atoms with Crippen LogP contribution >= 0.6 is 0 Å². The van der Waals surface area contributed by atoms with E-state index in [9.17, 15) is 18.0 Å². The first-order valence-electron chi connectivity index (χ1n) is 8.47. The lowest BCUT2D eigenvalue weighted by molar-refractivity contribution is 0.0956. The highest BCUT2D eigenvalue weighted by atomic mass is 32.2. The first-order chi connectivity index (χ1) is 12.5. The molecule has 26 heavy (non-hydrogen) atoms. The zero-order chi connectivity index (χ0) is 18.6. The molecule has 0 bridgehead atoms. The van der Waals surface area contributed by atoms with E-state index in [-0.39, 0.29) is 17.0 Å². The number of sulfone groups is 1. The minimum atomic E-state index is -3.54. The molecule has 1 aliphatic rings. The molecule has 6 nitrogen and oxygen atoms in total. The van der Waals surface area contributed by atoms with Gasteiger partial charge in [0.1, 0.15) is 5.56 Å². The molecule has 7 heteroatoms. The van der Waals surface area contributed by atoms with E-state index in [1.807, 2.05) is 0 Å². The third kappa shape index (κ3) is 4.11. The summed E-state index contributed by atoms with van der Waals surface area (Å²) in [6, 6.07) is 9.68. The smallest absolute Gasteiger partial charge is 0.261 e. The van der Waals surface area contributed by atoms with Crippen LogP contribution in [0.4, 0.5) is 0 Å². The second-order valence-electron chi connectivity index (χ2n) is 6.16. The highest BCUT2D eigenvalue weighted by Crippen LogP contribution is 2.18. The van der Waals surface area contributed by atoms with Crippen LogP contribution in [0.3, 0.4) is 0 Å². The Hall–Kier alpha value is -2.67. The fourth-order valence-electron chi connectivity index (χ4n) is 2.95. The predicted molar refractivity (Wildman–Crippen MR) is 98.8 cm³/mol. The summed E-state index contributed by atoms with van der Waals surface area (Å²) in [4.78, 5) is 27.3. The third-order valence-electron chi connectivity index (χ3n) is 4.31. The average molecular weight is 372 g/mol. The molecule has 1 aliphatic carbocycles. The quantitative estimate of drug-likeness (QED) is 0.839. The third-order valence-corrected chi connectivity index (χ3v) is 5.79. The molecule has 0 radical (unpaired) electrons. The van der Waals surface area contributed by atoms with Gasteiger partial charge in [-0.2, -0.15) is 0 Å². The van der Waals surface area contributed by atoms with Crippen molar-refractivity contribution in [1.29, 1.82) is 0 Å². The van der Waals surface area contributed by atoms with Gasteiger partial charge in [0.15, 0.2) is 9.84 Å². The first kappa shape index (κ1) is 18.1. The molecule has 0 saturated heterocycles. The molecule has 0 aliphatic heterocycles. The number of carbonyl (C=O) groups excluding carboxylic acids is 1. The van der Waals surface area contributed by atoms with Gasteiger partial charge in [0.25, 0.3) is 11.5 Å². The first-order valence-corrected chi connectivity index (χ1v) is 10.0. The number of amides is 1. The number of H-pyrrole nitrogens is 1. The van der Waals surface area contributed by atoms with Crippen LogP contribution in [0.1, 0.15) is 34.5 Å². The molecule has 1 amide bonds. The van der Waals surface area contributed by atoms with Crippen molar-refractivity contribution < 1.29 is 13.2 Å². The van der Waals surface area contributed by atoms with Gasteiger partial charge in [-0.1, -0.05) is 24.3 Å². The molecule has 136 valence electrons. The Labute approximate surface area is 151 Å². The number of aryl methyl sites for hydroxylation is 2. The molecule has 2 aromatic rings. The maximum absolute atomic E-state index is 12.2. The molecule has 0 saturated carbocycles. The van der Waals surface area contributed by atoms with Crippen LogP contribution < -0.4 is 10.9 Å². The molecular weight excluding hydrogens is 352 g/mol. The standard InChI is InChI=1S/C19H20N2O4S/c22-18(16-13-14-7-4-5-10-17(14)21-19(16)23)20-11-6-12-26(24,25)15-8-2-1-3-9-15/h1-3,6,8-9,12-13H,4-5,7,10-11H2,(H,20,22)(H,21,23)/b12-6-. The maximum Gasteiger partial charge on any atom is 0.261 e. The number of benzene rings is 1. The minimum Gasteiger partial charge on any atom is -0.348 e. The lowest BCUT2D eigenvalue weighted by Gasteiger charge is -2.15. The molecule has 2 N–H and O–H groups in total. The summed E-state index contributed by atoms with van der Waals surface area (Å²) in [6.45, 7) is 0.0153. The summed E-state index contributed by atoms with van der Waals surface area (Å²) >= 11 is 0. The zero-order valence-electron chi connectivity index (χ0n) is 14.2. The molecule has 1 heterocycles. The molecule has 3 rings (SSSR count). The van der Waals surface area contributed by atoms with Crippen molar-refractivity contribution in [3.05, 3.63) is 75.1 Å². The van der Waals surface area contributed by atoms with Crippen molar-refractivity contribution >= 4 is 15.7 Å². The fourth-order valence-corrected chi connectivity index (χ4v) is 4.00. The van der Waals surface area contributed by atoms with Crippen LogP contribution in [-0.2, 0) is 22.7 Å². The number of nitrogens with one attached hydrogen (secondary N) is 2. The summed E-state index contributed by atoms with van der Waals surface area (Å²) in [5.41, 5.74) is 1.56. The van der Waals surface area contributed by atoms with Gasteiger partial charge in [-0.3, -0.25) is 9.59 Å². The van der Waals surface area contributed by atoms with Gasteiger partial charge in [-0.05, 0) is 49.4 Å². The van der Waals surface area contributed by atoms with Crippen LogP contribution in [0.15, 0.2) is 57.6 Å². The number of aromatic amines is 1. The Morgan fingerprint density at radius 3 is 2.65 bits per heavy atom. The normalized spacial score (nSPS) is 14.2. The molecule has 1 aromatic heterocycles. The van der Waals surface area contributed by atoms with E-state index in [2.05, 4.69) is 10.3 Å². The van der Waals surface area contributed by atoms with Gasteiger partial charge < -0.3 is 10.3 Å². The van der Waals surface area contributed by atoms with E-state index in [0.717, 1.165) is 42.3 Å². The topological polar surface area (TPSA) is 96.1 Å². The van der Waals surface area contributed by atoms with Crippen LogP contribution in [0.2, 0.25) is 0 Å². The fraction of sp³-hybridized carbons (Fsp3) is 0.263. The van der Waals surface area contributed by atoms with Crippen molar-refractivity contribution in [2.75, 3.05) is 6.54 Å². The van der Waals surface area contributed by atoms with Gasteiger partial charge in [-0.15, -0.1) is 0 Å². The number of pyridine rings is 1. The number of hydrogen-bond acceptors (Lipinski definition) is 4. The van der Waals surface area contributed by atoms with Crippen molar-refractivity contribution in [2.24, 2.45) is 0 Å². The van der Waals surface area contributed by atoms with E-state index in [1.165, 1.54) is 18.2 Å². The van der Waals surface area contributed by atoms with Crippen LogP contribution in [0, 0.1) is 0 Å². The number of carbonyl (C=O) groups is 1. The van der Waals surface area contributed by atoms with Crippen molar-refractivity contribution in [1.82, 2.24) is 10.3 Å². The van der Waals surface area contributed by atoms with Crippen molar-refractivity contribution in [3.8, 4) is 0 Å². The van der Waals surface area contributed by atoms with Crippen LogP contribution in [0.5, 0.6) is 0 Å². The van der Waals surface area contributed by atoms with E-state index < -0.39 is 21.3 Å². The molecule has 0 atom stereocenters. The molecule has 0 unspecified atom stereocenters. The highest BCUT2D eigenvalue weighted by Gasteiger charge is 2.16. The van der Waals surface area contributed by atoms with Crippen molar-refractivity contribution in [2.45, 2.75) is 30.6 Å². The van der Waals surface area contributed by atoms with Gasteiger partial charge in [-0.25, -0.2) is 8.42 Å². The largest absolute Gasteiger partial charge is 0.348 e. The summed E-state index contributed by atoms with van der Waals surface area (Å²) in [7, 11) is -3.54. The zero-order valence-corrected chi connectivity index (χ0v) is 15.0. The molecule has 0 spiro atoms. The van der Waals surface area contributed by atoms with E-state index in [0.29, 0.717) is 0 Å². The highest BCUT2D eigenvalue weighted by molar-refractivity contribution is 7.94. The lowest BCUT2D eigenvalue weighted by Crippen LogP contribution is -2.31. The predicted octanol–water partition coefficient (Wildman–Crippen LogP) is 1.97. The molecule has 1 aromatic carbocycles. The van der Waals surface area contributed by atoms with E-state index in [4.69, 9.17) is 0 Å². The minimum absolute atomic E-state index is 0.0153. The second kappa shape index (κ2) is 7.70. The summed E-state index contributed by atoms with van der Waals surface area (Å²) in [6.07, 6.45) is 5.11. The number of aromatic nitrogens is 1. The number of hydrogen-bond donors (Lipinski definition) is 2. The average Bonchev–Trinajstić information content (AvgIpc) is 2.65. The number of rotatable bonds is 5. The Kier molecular flexibility index (Phi) is 5.37.